The molecule has 2 N–H and O–H groups in total. The Kier molecular flexibility index (Phi) is 0.956. The third kappa shape index (κ3) is 0.778. The molecule has 0 aromatic heterocycles. The van der Waals surface area contributed by atoms with Crippen molar-refractivity contribution in [2.24, 2.45) is 11.7 Å². The third-order valence-electron chi connectivity index (χ3n) is 2.12. The van der Waals surface area contributed by atoms with Crippen LogP contribution < -0.4 is 26.9 Å². The summed E-state index contributed by atoms with van der Waals surface area (Å²) in [5, 5.41) is 0. The summed E-state index contributed by atoms with van der Waals surface area (Å²) in [4.78, 5) is 0. The Morgan fingerprint density at radius 2 is 2.25 bits per heavy atom. The quantitative estimate of drug-likeness (QED) is 0.378. The summed E-state index contributed by atoms with van der Waals surface area (Å²) < 4.78 is 2.71. The maximum atomic E-state index is 5.87. The molecule has 2 heteroatoms. The van der Waals surface area contributed by atoms with Crippen molar-refractivity contribution >= 4 is 0 Å². The van der Waals surface area contributed by atoms with Gasteiger partial charge in [0.15, 0.2) is 0 Å². The molecule has 0 radical (unpaired) electrons. The fourth-order valence-corrected chi connectivity index (χ4v) is 3.82. The van der Waals surface area contributed by atoms with E-state index in [-0.39, 0.29) is 5.54 Å². The predicted molar refractivity (Wildman–Crippen MR) is 29.4 cm³/mol. The Labute approximate surface area is 60.3 Å². The van der Waals surface area contributed by atoms with Crippen LogP contribution in [0.4, 0.5) is 0 Å². The van der Waals surface area contributed by atoms with Gasteiger partial charge in [-0.15, -0.1) is 0 Å². The molecule has 0 amide bonds. The third-order valence-corrected chi connectivity index (χ3v) is 4.88. The maximum absolute atomic E-state index is 5.87. The molecular formula is C6H11IN-. The van der Waals surface area contributed by atoms with E-state index >= 15 is 0 Å². The first-order valence-electron chi connectivity index (χ1n) is 3.07. The van der Waals surface area contributed by atoms with Gasteiger partial charge < -0.3 is 0 Å². The van der Waals surface area contributed by atoms with E-state index in [2.05, 4.69) is 6.92 Å². The van der Waals surface area contributed by atoms with Crippen LogP contribution in [0.5, 0.6) is 0 Å². The van der Waals surface area contributed by atoms with Gasteiger partial charge in [-0.25, -0.2) is 0 Å². The second kappa shape index (κ2) is 1.40. The van der Waals surface area contributed by atoms with E-state index in [1.807, 2.05) is 0 Å². The topological polar surface area (TPSA) is 26.0 Å². The Morgan fingerprint density at radius 1 is 1.75 bits per heavy atom. The van der Waals surface area contributed by atoms with E-state index in [1.165, 1.54) is 6.42 Å². The Morgan fingerprint density at radius 3 is 2.38 bits per heavy atom. The van der Waals surface area contributed by atoms with Gasteiger partial charge in [0.1, 0.15) is 0 Å². The molecule has 1 saturated heterocycles. The van der Waals surface area contributed by atoms with Gasteiger partial charge >= 0.3 is 60.1 Å². The average molecular weight is 224 g/mol. The van der Waals surface area contributed by atoms with Crippen LogP contribution in [0.2, 0.25) is 0 Å². The van der Waals surface area contributed by atoms with Crippen LogP contribution in [0.1, 0.15) is 13.3 Å². The van der Waals surface area contributed by atoms with Gasteiger partial charge in [-0.2, -0.15) is 0 Å². The van der Waals surface area contributed by atoms with E-state index in [9.17, 15) is 0 Å². The second-order valence-electron chi connectivity index (χ2n) is 3.14. The van der Waals surface area contributed by atoms with Crippen molar-refractivity contribution in [2.45, 2.75) is 22.8 Å². The molecule has 1 heterocycles. The molecule has 0 aromatic rings. The fraction of sp³-hybridized carbons (Fsp3) is 1.00. The van der Waals surface area contributed by atoms with E-state index in [0.29, 0.717) is 21.2 Å². The number of nitrogens with two attached hydrogens (primary N) is 1. The van der Waals surface area contributed by atoms with Crippen molar-refractivity contribution in [3.8, 4) is 0 Å². The van der Waals surface area contributed by atoms with Crippen molar-refractivity contribution in [3.05, 3.63) is 0 Å². The van der Waals surface area contributed by atoms with E-state index in [1.54, 1.807) is 4.43 Å². The van der Waals surface area contributed by atoms with Crippen LogP contribution in [0.3, 0.4) is 0 Å². The Balaban J connectivity index is 1.95. The molecule has 8 heavy (non-hydrogen) atoms. The predicted octanol–water partition coefficient (Wildman–Crippen LogP) is -2.81. The average Bonchev–Trinajstić information content (AvgIpc) is 2.37. The molecule has 0 spiro atoms. The van der Waals surface area contributed by atoms with Gasteiger partial charge in [0.05, 0.1) is 0 Å². The van der Waals surface area contributed by atoms with Crippen LogP contribution >= 0.6 is 0 Å². The van der Waals surface area contributed by atoms with Gasteiger partial charge in [0.2, 0.25) is 0 Å². The van der Waals surface area contributed by atoms with Gasteiger partial charge in [0, 0.05) is 0 Å². The number of hydrogen-bond acceptors (Lipinski definition) is 1. The fourth-order valence-electron chi connectivity index (χ4n) is 1.22. The van der Waals surface area contributed by atoms with Crippen LogP contribution in [0, 0.1) is 5.92 Å². The monoisotopic (exact) mass is 224 g/mol. The number of halogens is 1. The SMILES string of the molecule is CC1(N)CC1C1C[I-]1. The molecule has 1 aliphatic carbocycles. The van der Waals surface area contributed by atoms with Crippen molar-refractivity contribution in [1.82, 2.24) is 0 Å². The summed E-state index contributed by atoms with van der Waals surface area (Å²) >= 11 is 0.657. The van der Waals surface area contributed by atoms with E-state index in [4.69, 9.17) is 5.73 Å². The molecule has 2 aliphatic rings. The normalized spacial score (nSPS) is 61.8. The van der Waals surface area contributed by atoms with E-state index < -0.39 is 0 Å². The molecule has 3 unspecified atom stereocenters. The standard InChI is InChI=1S/C6H11IN/c1-6(8)2-4(6)5-3-7-5/h4-5H,2-3,8H2,1H3/q-1. The minimum absolute atomic E-state index is 0.279. The van der Waals surface area contributed by atoms with Crippen molar-refractivity contribution in [3.63, 3.8) is 0 Å². The molecule has 2 fully saturated rings. The summed E-state index contributed by atoms with van der Waals surface area (Å²) in [5.41, 5.74) is 6.15. The molecule has 0 bridgehead atoms. The summed E-state index contributed by atoms with van der Waals surface area (Å²) in [6.07, 6.45) is 1.32. The zero-order valence-electron chi connectivity index (χ0n) is 5.02. The van der Waals surface area contributed by atoms with Crippen LogP contribution in [0.15, 0.2) is 0 Å². The van der Waals surface area contributed by atoms with Crippen LogP contribution in [-0.2, 0) is 0 Å². The van der Waals surface area contributed by atoms with Gasteiger partial charge in [-0.05, 0) is 0 Å². The first-order valence-corrected chi connectivity index (χ1v) is 5.84. The molecule has 0 aromatic carbocycles. The number of alkyl halides is 2. The van der Waals surface area contributed by atoms with Gasteiger partial charge in [0.25, 0.3) is 0 Å². The van der Waals surface area contributed by atoms with Crippen LogP contribution in [0.25, 0.3) is 0 Å². The number of hydrogen-bond donors (Lipinski definition) is 1. The minimum atomic E-state index is 0.279. The zero-order chi connectivity index (χ0) is 5.78. The second-order valence-corrected chi connectivity index (χ2v) is 6.50. The Bertz CT molecular complexity index is 118. The zero-order valence-corrected chi connectivity index (χ0v) is 7.18. The van der Waals surface area contributed by atoms with Gasteiger partial charge in [-0.1, -0.05) is 0 Å². The first kappa shape index (κ1) is 5.47. The van der Waals surface area contributed by atoms with E-state index in [0.717, 1.165) is 9.84 Å². The molecule has 1 saturated carbocycles. The first-order chi connectivity index (χ1) is 3.70. The Hall–Kier alpha value is 0.690. The summed E-state index contributed by atoms with van der Waals surface area (Å²) in [7, 11) is 0. The molecule has 2 rings (SSSR count). The summed E-state index contributed by atoms with van der Waals surface area (Å²) in [6.45, 7) is 2.19. The summed E-state index contributed by atoms with van der Waals surface area (Å²) in [5.74, 6) is 0.954. The molecular weight excluding hydrogens is 213 g/mol. The summed E-state index contributed by atoms with van der Waals surface area (Å²) in [6, 6.07) is 0. The van der Waals surface area contributed by atoms with Crippen molar-refractivity contribution in [2.75, 3.05) is 4.43 Å². The molecule has 1 nitrogen and oxygen atoms in total. The van der Waals surface area contributed by atoms with Gasteiger partial charge in [-0.3, -0.25) is 0 Å². The van der Waals surface area contributed by atoms with Crippen molar-refractivity contribution in [1.29, 1.82) is 0 Å². The number of rotatable bonds is 1. The molecule has 1 aliphatic heterocycles. The molecule has 3 atom stereocenters. The van der Waals surface area contributed by atoms with Crippen LogP contribution in [-0.4, -0.2) is 13.9 Å². The molecule has 48 valence electrons. The van der Waals surface area contributed by atoms with Crippen molar-refractivity contribution < 1.29 is 21.2 Å².